The molecule has 4 aromatic rings. The zero-order chi connectivity index (χ0) is 20.5. The molecule has 0 atom stereocenters. The minimum absolute atomic E-state index is 0.293. The molecule has 8 heteroatoms. The number of hydrogen-bond donors (Lipinski definition) is 0. The minimum Gasteiger partial charge on any atom is -0.338 e. The highest BCUT2D eigenvalue weighted by atomic mass is 32.2. The van der Waals surface area contributed by atoms with Crippen molar-refractivity contribution in [3.63, 3.8) is 0 Å². The molecule has 5 rings (SSSR count). The van der Waals surface area contributed by atoms with E-state index in [1.54, 1.807) is 12.1 Å². The Hall–Kier alpha value is -3.00. The highest BCUT2D eigenvalue weighted by Crippen LogP contribution is 2.41. The van der Waals surface area contributed by atoms with Gasteiger partial charge in [-0.25, -0.2) is 4.39 Å². The van der Waals surface area contributed by atoms with Crippen molar-refractivity contribution >= 4 is 11.8 Å². The van der Waals surface area contributed by atoms with Gasteiger partial charge < -0.3 is 4.52 Å². The van der Waals surface area contributed by atoms with Crippen LogP contribution < -0.4 is 0 Å². The van der Waals surface area contributed by atoms with E-state index in [0.717, 1.165) is 30.0 Å². The Labute approximate surface area is 177 Å². The summed E-state index contributed by atoms with van der Waals surface area (Å²) in [5.41, 5.74) is 2.66. The van der Waals surface area contributed by atoms with E-state index in [4.69, 9.17) is 4.52 Å². The van der Waals surface area contributed by atoms with Crippen LogP contribution >= 0.6 is 11.8 Å². The maximum Gasteiger partial charge on any atom is 0.237 e. The van der Waals surface area contributed by atoms with Crippen molar-refractivity contribution in [2.24, 2.45) is 0 Å². The van der Waals surface area contributed by atoms with Gasteiger partial charge in [0.05, 0.1) is 11.3 Å². The maximum absolute atomic E-state index is 14.3. The van der Waals surface area contributed by atoms with Crippen LogP contribution in [0.4, 0.5) is 4.39 Å². The summed E-state index contributed by atoms with van der Waals surface area (Å²) >= 11 is 1.48. The lowest BCUT2D eigenvalue weighted by molar-refractivity contribution is 0.391. The van der Waals surface area contributed by atoms with Gasteiger partial charge in [0.15, 0.2) is 11.0 Å². The molecule has 0 radical (unpaired) electrons. The topological polar surface area (TPSA) is 69.6 Å². The summed E-state index contributed by atoms with van der Waals surface area (Å²) in [6.45, 7) is 2.12. The molecule has 0 unspecified atom stereocenters. The van der Waals surface area contributed by atoms with Crippen LogP contribution in [0.3, 0.4) is 0 Å². The Morgan fingerprint density at radius 1 is 1.10 bits per heavy atom. The highest BCUT2D eigenvalue weighted by molar-refractivity contribution is 7.98. The van der Waals surface area contributed by atoms with Gasteiger partial charge in [-0.15, -0.1) is 10.2 Å². The van der Waals surface area contributed by atoms with Crippen LogP contribution in [0.5, 0.6) is 0 Å². The summed E-state index contributed by atoms with van der Waals surface area (Å²) < 4.78 is 21.7. The van der Waals surface area contributed by atoms with Crippen LogP contribution in [0.25, 0.3) is 22.8 Å². The monoisotopic (exact) mass is 421 g/mol. The molecule has 2 heterocycles. The van der Waals surface area contributed by atoms with E-state index in [-0.39, 0.29) is 5.82 Å². The predicted octanol–water partition coefficient (Wildman–Crippen LogP) is 5.32. The van der Waals surface area contributed by atoms with Crippen molar-refractivity contribution in [3.05, 3.63) is 65.8 Å². The van der Waals surface area contributed by atoms with E-state index >= 15 is 0 Å². The van der Waals surface area contributed by atoms with Gasteiger partial charge in [0.1, 0.15) is 5.82 Å². The zero-order valence-corrected chi connectivity index (χ0v) is 17.3. The summed E-state index contributed by atoms with van der Waals surface area (Å²) in [7, 11) is 0. The molecule has 1 aliphatic carbocycles. The summed E-state index contributed by atoms with van der Waals surface area (Å²) in [5.74, 6) is 1.85. The van der Waals surface area contributed by atoms with E-state index < -0.39 is 0 Å². The molecular formula is C22H20FN5OS. The molecule has 1 fully saturated rings. The summed E-state index contributed by atoms with van der Waals surface area (Å²) in [5, 5.41) is 13.4. The van der Waals surface area contributed by atoms with Gasteiger partial charge in [-0.1, -0.05) is 60.2 Å². The number of thioether (sulfide) groups is 1. The normalized spacial score (nSPS) is 13.7. The van der Waals surface area contributed by atoms with E-state index in [1.807, 2.05) is 22.8 Å². The quantitative estimate of drug-likeness (QED) is 0.376. The number of aryl methyl sites for hydroxylation is 1. The van der Waals surface area contributed by atoms with Crippen LogP contribution in [-0.2, 0) is 12.2 Å². The van der Waals surface area contributed by atoms with Gasteiger partial charge in [0, 0.05) is 11.6 Å². The van der Waals surface area contributed by atoms with Gasteiger partial charge in [0.25, 0.3) is 0 Å². The number of hydrogen-bond acceptors (Lipinski definition) is 6. The third-order valence-corrected chi connectivity index (χ3v) is 6.03. The average Bonchev–Trinajstić information content (AvgIpc) is 3.35. The van der Waals surface area contributed by atoms with Gasteiger partial charge in [-0.05, 0) is 37.0 Å². The summed E-state index contributed by atoms with van der Waals surface area (Å²) in [6, 6.07) is 15.1. The fourth-order valence-corrected chi connectivity index (χ4v) is 4.15. The Morgan fingerprint density at radius 2 is 1.90 bits per heavy atom. The molecule has 0 saturated heterocycles. The first-order chi connectivity index (χ1) is 14.7. The van der Waals surface area contributed by atoms with Gasteiger partial charge >= 0.3 is 0 Å². The SMILES string of the molecule is CCc1ccc(-c2noc(CSc3nnc(-c4ccccc4F)n3C3CC3)n2)cc1. The van der Waals surface area contributed by atoms with E-state index in [1.165, 1.54) is 23.4 Å². The lowest BCUT2D eigenvalue weighted by Gasteiger charge is -2.08. The number of benzene rings is 2. The number of aromatic nitrogens is 5. The molecule has 152 valence electrons. The van der Waals surface area contributed by atoms with E-state index in [0.29, 0.717) is 34.9 Å². The minimum atomic E-state index is -0.293. The first-order valence-electron chi connectivity index (χ1n) is 9.97. The average molecular weight is 422 g/mol. The van der Waals surface area contributed by atoms with Crippen molar-refractivity contribution in [2.45, 2.75) is 43.1 Å². The van der Waals surface area contributed by atoms with E-state index in [9.17, 15) is 4.39 Å². The van der Waals surface area contributed by atoms with Gasteiger partial charge in [-0.2, -0.15) is 4.98 Å². The summed E-state index contributed by atoms with van der Waals surface area (Å²) in [6.07, 6.45) is 3.09. The Morgan fingerprint density at radius 3 is 2.63 bits per heavy atom. The number of nitrogens with zero attached hydrogens (tertiary/aromatic N) is 5. The maximum atomic E-state index is 14.3. The lowest BCUT2D eigenvalue weighted by atomic mass is 10.1. The third-order valence-electron chi connectivity index (χ3n) is 5.10. The van der Waals surface area contributed by atoms with Crippen molar-refractivity contribution in [2.75, 3.05) is 0 Å². The van der Waals surface area contributed by atoms with Crippen LogP contribution in [0.15, 0.2) is 58.2 Å². The van der Waals surface area contributed by atoms with E-state index in [2.05, 4.69) is 39.4 Å². The van der Waals surface area contributed by atoms with Gasteiger partial charge in [-0.3, -0.25) is 4.57 Å². The van der Waals surface area contributed by atoms with Crippen LogP contribution in [0.1, 0.15) is 37.3 Å². The number of halogens is 1. The molecule has 2 aromatic carbocycles. The fraction of sp³-hybridized carbons (Fsp3) is 0.273. The Bertz CT molecular complexity index is 1170. The molecule has 0 aliphatic heterocycles. The second-order valence-electron chi connectivity index (χ2n) is 7.24. The smallest absolute Gasteiger partial charge is 0.237 e. The van der Waals surface area contributed by atoms with Crippen molar-refractivity contribution in [1.82, 2.24) is 24.9 Å². The van der Waals surface area contributed by atoms with Crippen molar-refractivity contribution < 1.29 is 8.91 Å². The molecule has 6 nitrogen and oxygen atoms in total. The first-order valence-corrected chi connectivity index (χ1v) is 11.0. The number of rotatable bonds is 7. The van der Waals surface area contributed by atoms with Gasteiger partial charge in [0.2, 0.25) is 11.7 Å². The van der Waals surface area contributed by atoms with Crippen molar-refractivity contribution in [1.29, 1.82) is 0 Å². The third kappa shape index (κ3) is 3.75. The molecule has 30 heavy (non-hydrogen) atoms. The summed E-state index contributed by atoms with van der Waals surface area (Å²) in [4.78, 5) is 4.50. The predicted molar refractivity (Wildman–Crippen MR) is 112 cm³/mol. The molecule has 1 saturated carbocycles. The zero-order valence-electron chi connectivity index (χ0n) is 16.5. The highest BCUT2D eigenvalue weighted by Gasteiger charge is 2.31. The van der Waals surface area contributed by atoms with Crippen molar-refractivity contribution in [3.8, 4) is 22.8 Å². The van der Waals surface area contributed by atoms with Crippen LogP contribution in [-0.4, -0.2) is 24.9 Å². The second kappa shape index (κ2) is 8.02. The molecule has 0 bridgehead atoms. The fourth-order valence-electron chi connectivity index (χ4n) is 3.31. The van der Waals surface area contributed by atoms with Crippen LogP contribution in [0.2, 0.25) is 0 Å². The lowest BCUT2D eigenvalue weighted by Crippen LogP contribution is -2.01. The molecular weight excluding hydrogens is 401 g/mol. The Balaban J connectivity index is 1.35. The molecule has 0 amide bonds. The molecule has 0 N–H and O–H groups in total. The first kappa shape index (κ1) is 19.0. The standard InChI is InChI=1S/C22H20FN5OS/c1-2-14-7-9-15(10-8-14)20-24-19(29-27-20)13-30-22-26-25-21(28(22)16-11-12-16)17-5-3-4-6-18(17)23/h3-10,16H,2,11-13H2,1H3. The molecule has 2 aromatic heterocycles. The van der Waals surface area contributed by atoms with Crippen LogP contribution in [0, 0.1) is 5.82 Å². The molecule has 1 aliphatic rings. The second-order valence-corrected chi connectivity index (χ2v) is 8.18. The molecule has 0 spiro atoms. The Kier molecular flexibility index (Phi) is 5.08. The largest absolute Gasteiger partial charge is 0.338 e.